The molecule has 3 fully saturated rings. The molecule has 0 saturated carbocycles. The van der Waals surface area contributed by atoms with E-state index in [0.717, 1.165) is 38.9 Å². The quantitative estimate of drug-likeness (QED) is 0.290. The van der Waals surface area contributed by atoms with Gasteiger partial charge in [-0.3, -0.25) is 4.79 Å². The van der Waals surface area contributed by atoms with Crippen LogP contribution in [0.1, 0.15) is 32.6 Å². The monoisotopic (exact) mass is 268 g/mol. The lowest BCUT2D eigenvalue weighted by Gasteiger charge is -2.45. The van der Waals surface area contributed by atoms with Crippen LogP contribution >= 0.6 is 0 Å². The van der Waals surface area contributed by atoms with Gasteiger partial charge in [-0.2, -0.15) is 0 Å². The van der Waals surface area contributed by atoms with Crippen LogP contribution in [0.2, 0.25) is 0 Å². The number of fused-ring (bicyclic) bond motifs is 3. The van der Waals surface area contributed by atoms with Crippen LogP contribution in [0.15, 0.2) is 5.16 Å². The second-order valence-electron chi connectivity index (χ2n) is 5.62. The summed E-state index contributed by atoms with van der Waals surface area (Å²) in [5.74, 6) is -0.00880. The summed E-state index contributed by atoms with van der Waals surface area (Å²) in [6.45, 7) is 5.22. The minimum absolute atomic E-state index is 0.0145. The summed E-state index contributed by atoms with van der Waals surface area (Å²) in [7, 11) is 0. The van der Waals surface area contributed by atoms with Crippen molar-refractivity contribution in [3.8, 4) is 0 Å². The smallest absolute Gasteiger partial charge is 0.231 e. The van der Waals surface area contributed by atoms with Crippen LogP contribution < -0.4 is 11.1 Å². The molecule has 3 aliphatic heterocycles. The number of nitrogens with two attached hydrogens (primary N) is 1. The highest BCUT2D eigenvalue weighted by atomic mass is 16.4. The van der Waals surface area contributed by atoms with E-state index in [1.165, 1.54) is 0 Å². The van der Waals surface area contributed by atoms with Gasteiger partial charge in [0.25, 0.3) is 0 Å². The zero-order valence-corrected chi connectivity index (χ0v) is 11.5. The number of hydrogen-bond acceptors (Lipinski definition) is 4. The summed E-state index contributed by atoms with van der Waals surface area (Å²) >= 11 is 0. The maximum absolute atomic E-state index is 12.3. The van der Waals surface area contributed by atoms with E-state index in [1.54, 1.807) is 0 Å². The van der Waals surface area contributed by atoms with Crippen LogP contribution in [0, 0.1) is 11.8 Å². The van der Waals surface area contributed by atoms with Gasteiger partial charge in [0.2, 0.25) is 5.91 Å². The Morgan fingerprint density at radius 3 is 2.68 bits per heavy atom. The van der Waals surface area contributed by atoms with Crippen molar-refractivity contribution in [1.29, 1.82) is 0 Å². The maximum atomic E-state index is 12.3. The fourth-order valence-corrected chi connectivity index (χ4v) is 3.18. The minimum Gasteiger partial charge on any atom is -0.409 e. The SMILES string of the molecule is CCCC(C(=O)NC1CN2CCC1CC2)C(N)=NO. The molecule has 0 aromatic carbocycles. The largest absolute Gasteiger partial charge is 0.409 e. The summed E-state index contributed by atoms with van der Waals surface area (Å²) in [6.07, 6.45) is 3.76. The number of oxime groups is 1. The molecule has 0 aromatic heterocycles. The van der Waals surface area contributed by atoms with Crippen LogP contribution in [0.4, 0.5) is 0 Å². The fourth-order valence-electron chi connectivity index (χ4n) is 3.18. The van der Waals surface area contributed by atoms with Gasteiger partial charge in [-0.1, -0.05) is 18.5 Å². The normalized spacial score (nSPS) is 32.1. The Kier molecular flexibility index (Phi) is 4.63. The molecule has 3 aliphatic rings. The topological polar surface area (TPSA) is 91.0 Å². The Morgan fingerprint density at radius 2 is 2.21 bits per heavy atom. The van der Waals surface area contributed by atoms with Crippen molar-refractivity contribution in [2.45, 2.75) is 38.6 Å². The third-order valence-corrected chi connectivity index (χ3v) is 4.35. The molecule has 2 bridgehead atoms. The number of nitrogens with zero attached hydrogens (tertiary/aromatic N) is 2. The van der Waals surface area contributed by atoms with E-state index in [0.29, 0.717) is 12.3 Å². The highest BCUT2D eigenvalue weighted by Gasteiger charge is 2.36. The Balaban J connectivity index is 1.95. The summed E-state index contributed by atoms with van der Waals surface area (Å²) in [4.78, 5) is 14.7. The summed E-state index contributed by atoms with van der Waals surface area (Å²) < 4.78 is 0. The summed E-state index contributed by atoms with van der Waals surface area (Å²) in [6, 6.07) is 0.223. The molecule has 3 rings (SSSR count). The van der Waals surface area contributed by atoms with Gasteiger partial charge in [-0.25, -0.2) is 0 Å². The highest BCUT2D eigenvalue weighted by Crippen LogP contribution is 2.27. The number of amides is 1. The average molecular weight is 268 g/mol. The predicted molar refractivity (Wildman–Crippen MR) is 72.9 cm³/mol. The van der Waals surface area contributed by atoms with Crippen molar-refractivity contribution in [2.75, 3.05) is 19.6 Å². The first kappa shape index (κ1) is 14.1. The molecule has 0 radical (unpaired) electrons. The Bertz CT molecular complexity index is 351. The van der Waals surface area contributed by atoms with Gasteiger partial charge in [0, 0.05) is 12.6 Å². The fraction of sp³-hybridized carbons (Fsp3) is 0.846. The first-order valence-corrected chi connectivity index (χ1v) is 7.15. The zero-order valence-electron chi connectivity index (χ0n) is 11.5. The van der Waals surface area contributed by atoms with E-state index in [9.17, 15) is 4.79 Å². The summed E-state index contributed by atoms with van der Waals surface area (Å²) in [5.41, 5.74) is 5.61. The number of carbonyl (C=O) groups is 1. The molecule has 3 saturated heterocycles. The van der Waals surface area contributed by atoms with Crippen LogP contribution in [0.5, 0.6) is 0 Å². The van der Waals surface area contributed by atoms with E-state index in [1.807, 2.05) is 6.92 Å². The molecule has 6 nitrogen and oxygen atoms in total. The second kappa shape index (κ2) is 6.23. The van der Waals surface area contributed by atoms with Crippen molar-refractivity contribution >= 4 is 11.7 Å². The lowest BCUT2D eigenvalue weighted by atomic mass is 9.83. The second-order valence-corrected chi connectivity index (χ2v) is 5.62. The van der Waals surface area contributed by atoms with Crippen molar-refractivity contribution < 1.29 is 10.0 Å². The summed E-state index contributed by atoms with van der Waals surface area (Å²) in [5, 5.41) is 14.9. The highest BCUT2D eigenvalue weighted by molar-refractivity contribution is 6.02. The molecule has 108 valence electrons. The van der Waals surface area contributed by atoms with Crippen LogP contribution in [-0.4, -0.2) is 47.5 Å². The van der Waals surface area contributed by atoms with Crippen molar-refractivity contribution in [3.05, 3.63) is 0 Å². The van der Waals surface area contributed by atoms with E-state index in [-0.39, 0.29) is 17.8 Å². The first-order chi connectivity index (χ1) is 9.15. The molecular weight excluding hydrogens is 244 g/mol. The molecule has 6 heteroatoms. The Hall–Kier alpha value is -1.30. The van der Waals surface area contributed by atoms with E-state index < -0.39 is 5.92 Å². The molecule has 2 atom stereocenters. The Morgan fingerprint density at radius 1 is 1.53 bits per heavy atom. The lowest BCUT2D eigenvalue weighted by Crippen LogP contribution is -2.58. The maximum Gasteiger partial charge on any atom is 0.231 e. The van der Waals surface area contributed by atoms with Crippen molar-refractivity contribution in [3.63, 3.8) is 0 Å². The van der Waals surface area contributed by atoms with Crippen LogP contribution in [0.25, 0.3) is 0 Å². The standard InChI is InChI=1S/C13H24N4O2/c1-2-3-10(12(14)16-19)13(18)15-11-8-17-6-4-9(11)5-7-17/h9-11,19H,2-8H2,1H3,(H2,14,16)(H,15,18). The number of rotatable bonds is 5. The van der Waals surface area contributed by atoms with Gasteiger partial charge >= 0.3 is 0 Å². The zero-order chi connectivity index (χ0) is 13.8. The van der Waals surface area contributed by atoms with Crippen LogP contribution in [0.3, 0.4) is 0 Å². The van der Waals surface area contributed by atoms with Gasteiger partial charge in [0.15, 0.2) is 5.84 Å². The molecule has 2 unspecified atom stereocenters. The van der Waals surface area contributed by atoms with Crippen molar-refractivity contribution in [1.82, 2.24) is 10.2 Å². The molecular formula is C13H24N4O2. The van der Waals surface area contributed by atoms with Gasteiger partial charge in [-0.05, 0) is 38.3 Å². The molecule has 0 aliphatic carbocycles. The van der Waals surface area contributed by atoms with E-state index in [2.05, 4.69) is 15.4 Å². The van der Waals surface area contributed by atoms with Gasteiger partial charge in [0.1, 0.15) is 0 Å². The number of hydrogen-bond donors (Lipinski definition) is 3. The lowest BCUT2D eigenvalue weighted by molar-refractivity contribution is -0.125. The van der Waals surface area contributed by atoms with E-state index >= 15 is 0 Å². The molecule has 19 heavy (non-hydrogen) atoms. The molecule has 0 aromatic rings. The molecule has 3 heterocycles. The number of amidine groups is 1. The molecule has 4 N–H and O–H groups in total. The third kappa shape index (κ3) is 3.18. The average Bonchev–Trinajstić information content (AvgIpc) is 2.45. The van der Waals surface area contributed by atoms with E-state index in [4.69, 9.17) is 10.9 Å². The Labute approximate surface area is 114 Å². The number of nitrogens with one attached hydrogen (secondary N) is 1. The van der Waals surface area contributed by atoms with Crippen LogP contribution in [-0.2, 0) is 4.79 Å². The minimum atomic E-state index is -0.509. The molecule has 1 amide bonds. The number of carbonyl (C=O) groups excluding carboxylic acids is 1. The van der Waals surface area contributed by atoms with Gasteiger partial charge in [0.05, 0.1) is 5.92 Å². The number of piperidine rings is 3. The predicted octanol–water partition coefficient (Wildman–Crippen LogP) is 0.360. The van der Waals surface area contributed by atoms with Gasteiger partial charge in [-0.15, -0.1) is 0 Å². The first-order valence-electron chi connectivity index (χ1n) is 7.15. The molecule has 0 spiro atoms. The van der Waals surface area contributed by atoms with Crippen molar-refractivity contribution in [2.24, 2.45) is 22.7 Å². The van der Waals surface area contributed by atoms with Gasteiger partial charge < -0.3 is 21.2 Å². The third-order valence-electron chi connectivity index (χ3n) is 4.35.